The Hall–Kier alpha value is -3.25. The van der Waals surface area contributed by atoms with E-state index in [9.17, 15) is 27.5 Å². The third-order valence-electron chi connectivity index (χ3n) is 4.88. The summed E-state index contributed by atoms with van der Waals surface area (Å²) in [5.41, 5.74) is -3.30. The normalized spacial score (nSPS) is 16.2. The van der Waals surface area contributed by atoms with Crippen molar-refractivity contribution in [1.82, 2.24) is 15.0 Å². The molecule has 1 atom stereocenters. The molecule has 33 heavy (non-hydrogen) atoms. The Morgan fingerprint density at radius 3 is 2.58 bits per heavy atom. The summed E-state index contributed by atoms with van der Waals surface area (Å²) in [7, 11) is 0. The number of β-amino-alcohol motifs (C(OH)–C–C–N with tert-alkyl or cyclic N) is 1. The molecule has 3 heterocycles. The van der Waals surface area contributed by atoms with Crippen molar-refractivity contribution in [3.8, 4) is 11.1 Å². The molecule has 4 rings (SSSR count). The van der Waals surface area contributed by atoms with Gasteiger partial charge in [0.25, 0.3) is 5.91 Å². The van der Waals surface area contributed by atoms with Gasteiger partial charge in [-0.3, -0.25) is 4.79 Å². The van der Waals surface area contributed by atoms with E-state index >= 15 is 0 Å². The molecule has 1 aliphatic rings. The summed E-state index contributed by atoms with van der Waals surface area (Å²) in [6.07, 6.45) is 5.93. The Bertz CT molecular complexity index is 1160. The molecule has 3 aromatic rings. The van der Waals surface area contributed by atoms with Crippen molar-refractivity contribution >= 4 is 29.2 Å². The van der Waals surface area contributed by atoms with Gasteiger partial charge >= 0.3 is 5.51 Å². The number of nitrogens with one attached hydrogen (secondary N) is 1. The average Bonchev–Trinajstić information content (AvgIpc) is 3.21. The molecular weight excluding hydrogens is 462 g/mol. The van der Waals surface area contributed by atoms with Gasteiger partial charge in [0.05, 0.1) is 16.6 Å². The highest BCUT2D eigenvalue weighted by atomic mass is 32.2. The zero-order valence-corrected chi connectivity index (χ0v) is 17.7. The second kappa shape index (κ2) is 9.32. The van der Waals surface area contributed by atoms with Crippen LogP contribution in [0.1, 0.15) is 16.8 Å². The van der Waals surface area contributed by atoms with Gasteiger partial charge in [-0.2, -0.15) is 13.2 Å². The lowest BCUT2D eigenvalue weighted by Gasteiger charge is -2.20. The molecule has 0 radical (unpaired) electrons. The number of nitrogens with zero attached hydrogens (tertiary/aromatic N) is 4. The first-order chi connectivity index (χ1) is 15.7. The number of amides is 1. The van der Waals surface area contributed by atoms with Gasteiger partial charge < -0.3 is 15.3 Å². The Kier molecular flexibility index (Phi) is 6.47. The van der Waals surface area contributed by atoms with Crippen LogP contribution >= 0.6 is 11.8 Å². The Morgan fingerprint density at radius 2 is 1.94 bits per heavy atom. The first-order valence-corrected chi connectivity index (χ1v) is 10.6. The van der Waals surface area contributed by atoms with Crippen LogP contribution in [0, 0.1) is 5.82 Å². The fourth-order valence-electron chi connectivity index (χ4n) is 3.41. The van der Waals surface area contributed by atoms with E-state index in [-0.39, 0.29) is 11.3 Å². The molecule has 1 fully saturated rings. The maximum absolute atomic E-state index is 14.1. The SMILES string of the molecule is O=C(Nc1ccc(SC(F)(F)F)c(F)c1)c1cnc(N2CC[C@@H](O)C2)c(-c2cncnc2)c1. The van der Waals surface area contributed by atoms with Crippen molar-refractivity contribution in [2.24, 2.45) is 0 Å². The van der Waals surface area contributed by atoms with Crippen LogP contribution in [0.3, 0.4) is 0 Å². The minimum Gasteiger partial charge on any atom is -0.391 e. The van der Waals surface area contributed by atoms with Gasteiger partial charge in [0, 0.05) is 48.5 Å². The maximum Gasteiger partial charge on any atom is 0.446 e. The smallest absolute Gasteiger partial charge is 0.391 e. The van der Waals surface area contributed by atoms with Crippen molar-refractivity contribution in [3.05, 3.63) is 60.6 Å². The van der Waals surface area contributed by atoms with Crippen LogP contribution in [0.25, 0.3) is 11.1 Å². The molecular formula is C21H17F4N5O2S. The van der Waals surface area contributed by atoms with Crippen LogP contribution in [0.15, 0.2) is 54.1 Å². The lowest BCUT2D eigenvalue weighted by molar-refractivity contribution is -0.0329. The number of aromatic nitrogens is 3. The van der Waals surface area contributed by atoms with Crippen LogP contribution in [0.2, 0.25) is 0 Å². The fraction of sp³-hybridized carbons (Fsp3) is 0.238. The molecule has 0 spiro atoms. The highest BCUT2D eigenvalue weighted by Crippen LogP contribution is 2.38. The molecule has 2 N–H and O–H groups in total. The lowest BCUT2D eigenvalue weighted by Crippen LogP contribution is -2.23. The molecule has 7 nitrogen and oxygen atoms in total. The van der Waals surface area contributed by atoms with Crippen molar-refractivity contribution < 1.29 is 27.5 Å². The molecule has 1 amide bonds. The average molecular weight is 479 g/mol. The second-order valence-electron chi connectivity index (χ2n) is 7.26. The largest absolute Gasteiger partial charge is 0.446 e. The molecule has 1 aliphatic heterocycles. The summed E-state index contributed by atoms with van der Waals surface area (Å²) in [6, 6.07) is 4.54. The number of anilines is 2. The molecule has 2 aromatic heterocycles. The predicted molar refractivity (Wildman–Crippen MR) is 114 cm³/mol. The van der Waals surface area contributed by atoms with E-state index in [0.717, 1.165) is 12.1 Å². The summed E-state index contributed by atoms with van der Waals surface area (Å²) in [5, 5.41) is 12.4. The molecule has 1 saturated heterocycles. The Morgan fingerprint density at radius 1 is 1.18 bits per heavy atom. The number of hydrogen-bond acceptors (Lipinski definition) is 7. The molecule has 12 heteroatoms. The summed E-state index contributed by atoms with van der Waals surface area (Å²) in [6.45, 7) is 0.975. The Labute approximate surface area is 189 Å². The number of benzene rings is 1. The van der Waals surface area contributed by atoms with Gasteiger partial charge in [-0.1, -0.05) is 0 Å². The second-order valence-corrected chi connectivity index (χ2v) is 8.36. The van der Waals surface area contributed by atoms with Gasteiger partial charge in [0.15, 0.2) is 0 Å². The van der Waals surface area contributed by atoms with Gasteiger partial charge in [-0.25, -0.2) is 19.3 Å². The van der Waals surface area contributed by atoms with Crippen molar-refractivity contribution in [2.45, 2.75) is 22.9 Å². The highest BCUT2D eigenvalue weighted by Gasteiger charge is 2.31. The van der Waals surface area contributed by atoms with E-state index in [0.29, 0.717) is 36.5 Å². The van der Waals surface area contributed by atoms with E-state index in [1.807, 2.05) is 4.90 Å². The fourth-order valence-corrected chi connectivity index (χ4v) is 3.95. The third-order valence-corrected chi connectivity index (χ3v) is 5.66. The van der Waals surface area contributed by atoms with Crippen LogP contribution in [-0.4, -0.2) is 50.7 Å². The summed E-state index contributed by atoms with van der Waals surface area (Å²) >= 11 is -0.567. The zero-order chi connectivity index (χ0) is 23.6. The minimum atomic E-state index is -4.62. The van der Waals surface area contributed by atoms with Gasteiger partial charge in [0.2, 0.25) is 0 Å². The number of thioether (sulfide) groups is 1. The van der Waals surface area contributed by atoms with E-state index in [2.05, 4.69) is 20.3 Å². The first kappa shape index (κ1) is 22.9. The molecule has 0 aliphatic carbocycles. The lowest BCUT2D eigenvalue weighted by atomic mass is 10.1. The van der Waals surface area contributed by atoms with Crippen molar-refractivity contribution in [1.29, 1.82) is 0 Å². The highest BCUT2D eigenvalue weighted by molar-refractivity contribution is 8.00. The van der Waals surface area contributed by atoms with Gasteiger partial charge in [0.1, 0.15) is 18.0 Å². The van der Waals surface area contributed by atoms with E-state index in [1.165, 1.54) is 18.6 Å². The number of alkyl halides is 3. The van der Waals surface area contributed by atoms with Gasteiger partial charge in [-0.15, -0.1) is 0 Å². The number of hydrogen-bond donors (Lipinski definition) is 2. The number of rotatable bonds is 5. The van der Waals surface area contributed by atoms with Gasteiger partial charge in [-0.05, 0) is 42.4 Å². The Balaban J connectivity index is 1.60. The van der Waals surface area contributed by atoms with E-state index in [4.69, 9.17) is 0 Å². The zero-order valence-electron chi connectivity index (χ0n) is 16.9. The third kappa shape index (κ3) is 5.57. The van der Waals surface area contributed by atoms with Crippen molar-refractivity contribution in [2.75, 3.05) is 23.3 Å². The summed E-state index contributed by atoms with van der Waals surface area (Å²) in [4.78, 5) is 26.5. The van der Waals surface area contributed by atoms with Crippen LogP contribution < -0.4 is 10.2 Å². The molecule has 0 unspecified atom stereocenters. The summed E-state index contributed by atoms with van der Waals surface area (Å²) in [5.74, 6) is -1.17. The number of carbonyl (C=O) groups excluding carboxylic acids is 1. The summed E-state index contributed by atoms with van der Waals surface area (Å²) < 4.78 is 51.5. The predicted octanol–water partition coefficient (Wildman–Crippen LogP) is 4.11. The number of aliphatic hydroxyl groups is 1. The topological polar surface area (TPSA) is 91.2 Å². The standard InChI is InChI=1S/C21H17F4N5O2S/c22-17-6-14(1-2-18(17)33-21(23,24)25)29-20(32)12-5-16(13-7-26-11-27-8-13)19(28-9-12)30-4-3-15(31)10-30/h1-2,5-9,11,15,31H,3-4,10H2,(H,29,32)/t15-/m1/s1. The van der Waals surface area contributed by atoms with Crippen LogP contribution in [0.5, 0.6) is 0 Å². The first-order valence-electron chi connectivity index (χ1n) is 9.75. The minimum absolute atomic E-state index is 0.000334. The van der Waals surface area contributed by atoms with Crippen LogP contribution in [0.4, 0.5) is 29.1 Å². The molecule has 0 bridgehead atoms. The number of halogens is 4. The van der Waals surface area contributed by atoms with Crippen LogP contribution in [-0.2, 0) is 0 Å². The number of pyridine rings is 1. The molecule has 1 aromatic carbocycles. The number of carbonyl (C=O) groups is 1. The molecule has 0 saturated carbocycles. The molecule has 172 valence electrons. The quantitative estimate of drug-likeness (QED) is 0.420. The van der Waals surface area contributed by atoms with E-state index in [1.54, 1.807) is 18.5 Å². The number of aliphatic hydroxyl groups excluding tert-OH is 1. The van der Waals surface area contributed by atoms with E-state index < -0.39 is 40.0 Å². The van der Waals surface area contributed by atoms with Crippen molar-refractivity contribution in [3.63, 3.8) is 0 Å². The maximum atomic E-state index is 14.1. The monoisotopic (exact) mass is 479 g/mol.